The zero-order chi connectivity index (χ0) is 33.7. The van der Waals surface area contributed by atoms with Gasteiger partial charge in [-0.15, -0.1) is 11.3 Å². The van der Waals surface area contributed by atoms with Gasteiger partial charge in [0.2, 0.25) is 0 Å². The summed E-state index contributed by atoms with van der Waals surface area (Å²) in [5.74, 6) is 0. The second kappa shape index (κ2) is 9.63. The Kier molecular flexibility index (Phi) is 5.05. The van der Waals surface area contributed by atoms with E-state index >= 15 is 0 Å². The van der Waals surface area contributed by atoms with Crippen LogP contribution in [-0.4, -0.2) is 15.9 Å². The molecule has 240 valence electrons. The van der Waals surface area contributed by atoms with Gasteiger partial charge in [0, 0.05) is 60.1 Å². The van der Waals surface area contributed by atoms with Gasteiger partial charge < -0.3 is 18.4 Å². The molecule has 4 nitrogen and oxygen atoms in total. The fourth-order valence-electron chi connectivity index (χ4n) is 9.50. The maximum absolute atomic E-state index is 6.76. The summed E-state index contributed by atoms with van der Waals surface area (Å²) in [6, 6.07) is 57.5. The van der Waals surface area contributed by atoms with E-state index in [1.54, 1.807) is 0 Å². The molecule has 2 aliphatic rings. The predicted molar refractivity (Wildman–Crippen MR) is 219 cm³/mol. The topological polar surface area (TPSA) is 26.2 Å². The zero-order valence-corrected chi connectivity index (χ0v) is 28.6. The van der Waals surface area contributed by atoms with E-state index in [0.29, 0.717) is 0 Å². The van der Waals surface area contributed by atoms with Crippen LogP contribution in [0.2, 0.25) is 0 Å². The molecule has 7 aromatic carbocycles. The molecule has 0 saturated carbocycles. The highest BCUT2D eigenvalue weighted by Crippen LogP contribution is 2.49. The van der Waals surface area contributed by atoms with Crippen molar-refractivity contribution in [2.45, 2.75) is 0 Å². The smallest absolute Gasteiger partial charge is 0.333 e. The average Bonchev–Trinajstić information content (AvgIpc) is 3.94. The van der Waals surface area contributed by atoms with Gasteiger partial charge in [0.05, 0.1) is 15.7 Å². The van der Waals surface area contributed by atoms with E-state index < -0.39 is 0 Å². The minimum Gasteiger partial charge on any atom is -0.454 e. The number of para-hydroxylation sites is 5. The van der Waals surface area contributed by atoms with E-state index in [9.17, 15) is 0 Å². The summed E-state index contributed by atoms with van der Waals surface area (Å²) in [5.41, 5.74) is 16.6. The molecule has 0 bridgehead atoms. The van der Waals surface area contributed by atoms with E-state index in [1.807, 2.05) is 11.3 Å². The van der Waals surface area contributed by atoms with E-state index in [1.165, 1.54) is 64.5 Å². The first kappa shape index (κ1) is 27.3. The number of fused-ring (bicyclic) bond motifs is 14. The van der Waals surface area contributed by atoms with Crippen molar-refractivity contribution in [1.29, 1.82) is 0 Å². The largest absolute Gasteiger partial charge is 0.454 e. The summed E-state index contributed by atoms with van der Waals surface area (Å²) in [6.07, 6.45) is 0. The maximum atomic E-state index is 6.76. The summed E-state index contributed by atoms with van der Waals surface area (Å²) in [4.78, 5) is 2.40. The van der Waals surface area contributed by atoms with Crippen molar-refractivity contribution in [3.05, 3.63) is 158 Å². The molecule has 52 heavy (non-hydrogen) atoms. The van der Waals surface area contributed by atoms with Crippen LogP contribution < -0.4 is 15.8 Å². The normalized spacial score (nSPS) is 13.0. The van der Waals surface area contributed by atoms with E-state index in [2.05, 4.69) is 172 Å². The summed E-state index contributed by atoms with van der Waals surface area (Å²) in [6.45, 7) is -0.0182. The van der Waals surface area contributed by atoms with Crippen molar-refractivity contribution in [2.24, 2.45) is 0 Å². The Balaban J connectivity index is 1.26. The first-order valence-corrected chi connectivity index (χ1v) is 18.6. The third kappa shape index (κ3) is 3.25. The van der Waals surface area contributed by atoms with Gasteiger partial charge in [-0.2, -0.15) is 0 Å². The van der Waals surface area contributed by atoms with Crippen molar-refractivity contribution in [3.63, 3.8) is 0 Å². The summed E-state index contributed by atoms with van der Waals surface area (Å²) >= 11 is 1.92. The van der Waals surface area contributed by atoms with Crippen molar-refractivity contribution in [2.75, 3.05) is 4.90 Å². The lowest BCUT2D eigenvalue weighted by molar-refractivity contribution is 0.673. The van der Waals surface area contributed by atoms with Gasteiger partial charge in [-0.1, -0.05) is 97.1 Å². The lowest BCUT2D eigenvalue weighted by Crippen LogP contribution is -2.55. The lowest BCUT2D eigenvalue weighted by atomic mass is 9.45. The van der Waals surface area contributed by atoms with Crippen LogP contribution in [0.1, 0.15) is 0 Å². The quantitative estimate of drug-likeness (QED) is 0.174. The van der Waals surface area contributed by atoms with E-state index in [-0.39, 0.29) is 6.85 Å². The molecule has 4 aromatic heterocycles. The molecule has 6 heterocycles. The Bertz CT molecular complexity index is 3280. The lowest BCUT2D eigenvalue weighted by Gasteiger charge is -2.36. The molecule has 0 aliphatic carbocycles. The number of rotatable bonds is 3. The minimum atomic E-state index is -0.0182. The van der Waals surface area contributed by atoms with Crippen LogP contribution in [0.25, 0.3) is 81.0 Å². The van der Waals surface area contributed by atoms with Crippen molar-refractivity contribution in [3.8, 4) is 16.8 Å². The van der Waals surface area contributed by atoms with Crippen molar-refractivity contribution >= 4 is 110 Å². The third-order valence-corrected chi connectivity index (χ3v) is 12.6. The zero-order valence-electron chi connectivity index (χ0n) is 27.7. The van der Waals surface area contributed by atoms with Gasteiger partial charge >= 0.3 is 6.85 Å². The SMILES string of the molecule is c1ccc(N(c2ccccc2)c2cc3c4c(c2)-n2c5c(cccc5c5oc6ccccc6c52)B4n2c4c-3cccc4c3sc4ccccc4c32)cc1. The monoisotopic (exact) mass is 679 g/mol. The fraction of sp³-hybridized carbons (Fsp3) is 0. The van der Waals surface area contributed by atoms with E-state index in [4.69, 9.17) is 4.42 Å². The van der Waals surface area contributed by atoms with Gasteiger partial charge in [-0.3, -0.25) is 0 Å². The molecule has 0 N–H and O–H groups in total. The van der Waals surface area contributed by atoms with Gasteiger partial charge in [0.15, 0.2) is 5.58 Å². The van der Waals surface area contributed by atoms with Crippen LogP contribution in [0, 0.1) is 0 Å². The number of nitrogens with zero attached hydrogens (tertiary/aromatic N) is 3. The number of anilines is 3. The maximum Gasteiger partial charge on any atom is 0.333 e. The Morgan fingerprint density at radius 2 is 1.21 bits per heavy atom. The summed E-state index contributed by atoms with van der Waals surface area (Å²) < 4.78 is 14.7. The van der Waals surface area contributed by atoms with Crippen LogP contribution in [0.15, 0.2) is 162 Å². The molecule has 0 unspecified atom stereocenters. The Morgan fingerprint density at radius 1 is 0.519 bits per heavy atom. The van der Waals surface area contributed by atoms with Crippen molar-refractivity contribution < 1.29 is 4.42 Å². The van der Waals surface area contributed by atoms with Crippen molar-refractivity contribution in [1.82, 2.24) is 9.05 Å². The number of aromatic nitrogens is 2. The second-order valence-electron chi connectivity index (χ2n) is 14.0. The molecular weight excluding hydrogens is 653 g/mol. The molecule has 13 rings (SSSR count). The number of thiophene rings is 1. The highest BCUT2D eigenvalue weighted by atomic mass is 32.1. The van der Waals surface area contributed by atoms with E-state index in [0.717, 1.165) is 44.5 Å². The van der Waals surface area contributed by atoms with Crippen LogP contribution in [-0.2, 0) is 0 Å². The Hall–Kier alpha value is -6.50. The molecule has 0 spiro atoms. The molecule has 0 radical (unpaired) electrons. The number of hydrogen-bond donors (Lipinski definition) is 0. The first-order valence-electron chi connectivity index (χ1n) is 17.8. The van der Waals surface area contributed by atoms with Crippen LogP contribution in [0.3, 0.4) is 0 Å². The van der Waals surface area contributed by atoms with Crippen LogP contribution >= 0.6 is 11.3 Å². The Morgan fingerprint density at radius 3 is 2.04 bits per heavy atom. The Labute approximate surface area is 302 Å². The third-order valence-electron chi connectivity index (χ3n) is 11.4. The molecule has 0 fully saturated rings. The fourth-order valence-corrected chi connectivity index (χ4v) is 10.7. The molecule has 2 aliphatic heterocycles. The molecule has 0 saturated heterocycles. The minimum absolute atomic E-state index is 0.0182. The van der Waals surface area contributed by atoms with Crippen LogP contribution in [0.5, 0.6) is 0 Å². The van der Waals surface area contributed by atoms with Gasteiger partial charge in [-0.25, -0.2) is 0 Å². The number of hydrogen-bond acceptors (Lipinski definition) is 3. The molecule has 11 aromatic rings. The molecular formula is C46H26BN3OS. The number of furan rings is 1. The number of benzene rings is 7. The highest BCUT2D eigenvalue weighted by molar-refractivity contribution is 7.27. The van der Waals surface area contributed by atoms with Crippen LogP contribution in [0.4, 0.5) is 17.1 Å². The first-order chi connectivity index (χ1) is 25.8. The second-order valence-corrected chi connectivity index (χ2v) is 15.1. The molecule has 6 heteroatoms. The summed E-state index contributed by atoms with van der Waals surface area (Å²) in [7, 11) is 0. The van der Waals surface area contributed by atoms with Gasteiger partial charge in [0.25, 0.3) is 0 Å². The van der Waals surface area contributed by atoms with Gasteiger partial charge in [0.1, 0.15) is 11.1 Å². The standard InChI is InChI=1S/C46H26BN3OS/c1-3-13-27(14-4-1)48(28-15-5-2-6-16-28)29-25-35-30-19-11-21-34-41(30)50(44-32-18-8-10-24-39(32)52-46(34)44)47-36-22-12-20-33-42(36)49(37(26-29)40(35)47)43-31-17-7-9-23-38(31)51-45(33)43/h1-26H. The molecule has 0 amide bonds. The highest BCUT2D eigenvalue weighted by Gasteiger charge is 2.43. The molecule has 0 atom stereocenters. The van der Waals surface area contributed by atoms with Gasteiger partial charge in [-0.05, 0) is 77.2 Å². The predicted octanol–water partition coefficient (Wildman–Crippen LogP) is 11.3. The summed E-state index contributed by atoms with van der Waals surface area (Å²) in [5, 5.41) is 4.92. The average molecular weight is 680 g/mol.